The molecule has 0 heterocycles. The van der Waals surface area contributed by atoms with Crippen LogP contribution in [0.1, 0.15) is 30.1 Å². The summed E-state index contributed by atoms with van der Waals surface area (Å²) in [4.78, 5) is 11.0. The number of primary amides is 1. The lowest BCUT2D eigenvalue weighted by molar-refractivity contribution is 0.100. The second kappa shape index (κ2) is 6.10. The largest absolute Gasteiger partial charge is 0.397 e. The molecule has 0 aliphatic heterocycles. The van der Waals surface area contributed by atoms with Crippen molar-refractivity contribution in [3.8, 4) is 0 Å². The lowest BCUT2D eigenvalue weighted by Crippen LogP contribution is -2.20. The number of hydrogen-bond acceptors (Lipinski definition) is 4. The molecular weight excluding hydrogens is 218 g/mol. The number of nitrogen functional groups attached to an aromatic ring is 1. The van der Waals surface area contributed by atoms with Crippen molar-refractivity contribution in [3.63, 3.8) is 0 Å². The number of aliphatic hydroxyl groups is 1. The van der Waals surface area contributed by atoms with Gasteiger partial charge in [0.15, 0.2) is 0 Å². The summed E-state index contributed by atoms with van der Waals surface area (Å²) in [7, 11) is 0. The number of carbonyl (C=O) groups excluding carboxylic acids is 1. The molecule has 0 saturated heterocycles. The van der Waals surface area contributed by atoms with Crippen LogP contribution >= 0.6 is 0 Å². The van der Waals surface area contributed by atoms with Crippen LogP contribution in [0, 0.1) is 0 Å². The molecule has 1 atom stereocenters. The van der Waals surface area contributed by atoms with Gasteiger partial charge in [0.2, 0.25) is 5.91 Å². The van der Waals surface area contributed by atoms with Gasteiger partial charge in [-0.25, -0.2) is 0 Å². The van der Waals surface area contributed by atoms with E-state index in [9.17, 15) is 9.90 Å². The number of anilines is 2. The molecule has 94 valence electrons. The van der Waals surface area contributed by atoms with Gasteiger partial charge in [-0.1, -0.05) is 13.3 Å². The minimum atomic E-state index is -0.498. The third-order valence-electron chi connectivity index (χ3n) is 2.49. The van der Waals surface area contributed by atoms with Crippen LogP contribution in [0.15, 0.2) is 18.2 Å². The molecule has 1 unspecified atom stereocenters. The van der Waals surface area contributed by atoms with E-state index in [2.05, 4.69) is 5.32 Å². The van der Waals surface area contributed by atoms with Crippen molar-refractivity contribution < 1.29 is 9.90 Å². The van der Waals surface area contributed by atoms with Gasteiger partial charge in [-0.2, -0.15) is 0 Å². The van der Waals surface area contributed by atoms with Crippen molar-refractivity contribution in [1.29, 1.82) is 0 Å². The van der Waals surface area contributed by atoms with Crippen molar-refractivity contribution in [2.45, 2.75) is 25.9 Å². The molecule has 0 fully saturated rings. The molecular formula is C12H19N3O2. The maximum Gasteiger partial charge on any atom is 0.248 e. The van der Waals surface area contributed by atoms with Crippen LogP contribution in [0.25, 0.3) is 0 Å². The van der Waals surface area contributed by atoms with E-state index in [4.69, 9.17) is 11.5 Å². The fourth-order valence-electron chi connectivity index (χ4n) is 1.53. The number of benzene rings is 1. The summed E-state index contributed by atoms with van der Waals surface area (Å²) in [6.45, 7) is 2.41. The first kappa shape index (κ1) is 13.3. The summed E-state index contributed by atoms with van der Waals surface area (Å²) in [5.74, 6) is -0.498. The van der Waals surface area contributed by atoms with Crippen molar-refractivity contribution in [2.75, 3.05) is 17.6 Å². The second-order valence-electron chi connectivity index (χ2n) is 3.99. The number of aliphatic hydroxyl groups excluding tert-OH is 1. The average molecular weight is 237 g/mol. The topological polar surface area (TPSA) is 101 Å². The minimum Gasteiger partial charge on any atom is -0.397 e. The third-order valence-corrected chi connectivity index (χ3v) is 2.49. The molecule has 1 rings (SSSR count). The van der Waals surface area contributed by atoms with Gasteiger partial charge in [0, 0.05) is 12.1 Å². The van der Waals surface area contributed by atoms with E-state index in [1.54, 1.807) is 18.2 Å². The van der Waals surface area contributed by atoms with E-state index in [0.717, 1.165) is 12.8 Å². The van der Waals surface area contributed by atoms with E-state index in [1.165, 1.54) is 0 Å². The van der Waals surface area contributed by atoms with Crippen LogP contribution in [0.3, 0.4) is 0 Å². The Morgan fingerprint density at radius 1 is 1.53 bits per heavy atom. The predicted molar refractivity (Wildman–Crippen MR) is 68.8 cm³/mol. The molecule has 5 heteroatoms. The van der Waals surface area contributed by atoms with E-state index < -0.39 is 12.0 Å². The monoisotopic (exact) mass is 237 g/mol. The number of carbonyl (C=O) groups is 1. The van der Waals surface area contributed by atoms with Crippen LogP contribution < -0.4 is 16.8 Å². The SMILES string of the molecule is CCCC(O)CNc1cc(C(N)=O)ccc1N. The molecule has 1 amide bonds. The van der Waals surface area contributed by atoms with Gasteiger partial charge in [0.1, 0.15) is 0 Å². The van der Waals surface area contributed by atoms with Gasteiger partial charge in [-0.3, -0.25) is 4.79 Å². The van der Waals surface area contributed by atoms with E-state index in [0.29, 0.717) is 23.5 Å². The van der Waals surface area contributed by atoms with Crippen molar-refractivity contribution in [2.24, 2.45) is 5.73 Å². The molecule has 0 aliphatic rings. The molecule has 0 spiro atoms. The Bertz CT molecular complexity index is 393. The van der Waals surface area contributed by atoms with Gasteiger partial charge in [0.05, 0.1) is 17.5 Å². The molecule has 0 radical (unpaired) electrons. The quantitative estimate of drug-likeness (QED) is 0.553. The fraction of sp³-hybridized carbons (Fsp3) is 0.417. The summed E-state index contributed by atoms with van der Waals surface area (Å²) in [6, 6.07) is 4.79. The Hall–Kier alpha value is -1.75. The molecule has 0 bridgehead atoms. The lowest BCUT2D eigenvalue weighted by Gasteiger charge is -2.14. The highest BCUT2D eigenvalue weighted by Gasteiger charge is 2.07. The molecule has 1 aromatic carbocycles. The van der Waals surface area contributed by atoms with Crippen LogP contribution in [0.2, 0.25) is 0 Å². The first-order chi connectivity index (χ1) is 8.04. The first-order valence-corrected chi connectivity index (χ1v) is 5.65. The highest BCUT2D eigenvalue weighted by Crippen LogP contribution is 2.19. The molecule has 1 aromatic rings. The zero-order valence-corrected chi connectivity index (χ0v) is 9.94. The Balaban J connectivity index is 2.69. The van der Waals surface area contributed by atoms with E-state index >= 15 is 0 Å². The number of nitrogens with two attached hydrogens (primary N) is 2. The fourth-order valence-corrected chi connectivity index (χ4v) is 1.53. The van der Waals surface area contributed by atoms with Gasteiger partial charge in [0.25, 0.3) is 0 Å². The molecule has 17 heavy (non-hydrogen) atoms. The minimum absolute atomic E-state index is 0.395. The van der Waals surface area contributed by atoms with Crippen molar-refractivity contribution in [3.05, 3.63) is 23.8 Å². The van der Waals surface area contributed by atoms with E-state index in [-0.39, 0.29) is 0 Å². The highest BCUT2D eigenvalue weighted by atomic mass is 16.3. The number of hydrogen-bond donors (Lipinski definition) is 4. The molecule has 5 nitrogen and oxygen atoms in total. The zero-order valence-electron chi connectivity index (χ0n) is 9.94. The molecule has 6 N–H and O–H groups in total. The summed E-state index contributed by atoms with van der Waals surface area (Å²) < 4.78 is 0. The third kappa shape index (κ3) is 3.96. The Kier molecular flexibility index (Phi) is 4.78. The summed E-state index contributed by atoms with van der Waals surface area (Å²) in [6.07, 6.45) is 1.22. The maximum atomic E-state index is 11.0. The van der Waals surface area contributed by atoms with Crippen molar-refractivity contribution in [1.82, 2.24) is 0 Å². The Morgan fingerprint density at radius 2 is 2.24 bits per heavy atom. The Labute approximate surface area is 101 Å². The van der Waals surface area contributed by atoms with E-state index in [1.807, 2.05) is 6.92 Å². The summed E-state index contributed by atoms with van der Waals surface area (Å²) in [5.41, 5.74) is 12.5. The molecule has 0 aromatic heterocycles. The standard InChI is InChI=1S/C12H19N3O2/c1-2-3-9(16)7-15-11-6-8(12(14)17)4-5-10(11)13/h4-6,9,15-16H,2-3,7,13H2,1H3,(H2,14,17). The summed E-state index contributed by atoms with van der Waals surface area (Å²) >= 11 is 0. The molecule has 0 aliphatic carbocycles. The second-order valence-corrected chi connectivity index (χ2v) is 3.99. The summed E-state index contributed by atoms with van der Waals surface area (Å²) in [5, 5.41) is 12.6. The maximum absolute atomic E-state index is 11.0. The van der Waals surface area contributed by atoms with Crippen LogP contribution in [0.4, 0.5) is 11.4 Å². The van der Waals surface area contributed by atoms with Crippen LogP contribution in [0.5, 0.6) is 0 Å². The van der Waals surface area contributed by atoms with Gasteiger partial charge >= 0.3 is 0 Å². The number of rotatable bonds is 6. The Morgan fingerprint density at radius 3 is 2.82 bits per heavy atom. The first-order valence-electron chi connectivity index (χ1n) is 5.65. The van der Waals surface area contributed by atoms with Crippen LogP contribution in [-0.2, 0) is 0 Å². The van der Waals surface area contributed by atoms with Gasteiger partial charge in [-0.15, -0.1) is 0 Å². The van der Waals surface area contributed by atoms with Gasteiger partial charge in [-0.05, 0) is 24.6 Å². The zero-order chi connectivity index (χ0) is 12.8. The predicted octanol–water partition coefficient (Wildman–Crippen LogP) is 0.941. The average Bonchev–Trinajstić information content (AvgIpc) is 2.28. The van der Waals surface area contributed by atoms with Crippen molar-refractivity contribution >= 4 is 17.3 Å². The van der Waals surface area contributed by atoms with Crippen LogP contribution in [-0.4, -0.2) is 23.7 Å². The highest BCUT2D eigenvalue weighted by molar-refractivity contribution is 5.94. The number of nitrogens with one attached hydrogen (secondary N) is 1. The number of amides is 1. The normalized spacial score (nSPS) is 12.1. The van der Waals surface area contributed by atoms with Gasteiger partial charge < -0.3 is 21.9 Å². The molecule has 0 saturated carbocycles. The smallest absolute Gasteiger partial charge is 0.248 e. The lowest BCUT2D eigenvalue weighted by atomic mass is 10.1.